The van der Waals surface area contributed by atoms with E-state index in [1.807, 2.05) is 31.5 Å². The molecular weight excluding hydrogens is 378 g/mol. The summed E-state index contributed by atoms with van der Waals surface area (Å²) in [6.45, 7) is 4.53. The zero-order valence-corrected chi connectivity index (χ0v) is 18.5. The van der Waals surface area contributed by atoms with E-state index >= 15 is 0 Å². The molecule has 1 heterocycles. The molecule has 1 aromatic carbocycles. The number of imidazole rings is 1. The molecule has 0 amide bonds. The summed E-state index contributed by atoms with van der Waals surface area (Å²) in [4.78, 5) is 8.61. The maximum Gasteiger partial charge on any atom is 0.191 e. The molecule has 2 N–H and O–H groups in total. The number of rotatable bonds is 10. The molecule has 0 unspecified atom stereocenters. The van der Waals surface area contributed by atoms with Crippen molar-refractivity contribution in [3.05, 3.63) is 42.0 Å². The van der Waals surface area contributed by atoms with Crippen LogP contribution >= 0.6 is 0 Å². The van der Waals surface area contributed by atoms with Gasteiger partial charge in [-0.2, -0.15) is 0 Å². The summed E-state index contributed by atoms with van der Waals surface area (Å²) in [6.07, 6.45) is 11.0. The molecule has 1 fully saturated rings. The van der Waals surface area contributed by atoms with Gasteiger partial charge in [-0.1, -0.05) is 12.1 Å². The van der Waals surface area contributed by atoms with E-state index in [1.165, 1.54) is 12.8 Å². The second-order valence-electron chi connectivity index (χ2n) is 7.70. The lowest BCUT2D eigenvalue weighted by Crippen LogP contribution is -2.37. The first-order valence-corrected chi connectivity index (χ1v) is 11.0. The first-order valence-electron chi connectivity index (χ1n) is 11.0. The highest BCUT2D eigenvalue weighted by Crippen LogP contribution is 2.34. The Morgan fingerprint density at radius 2 is 2.07 bits per heavy atom. The number of aryl methyl sites for hydroxylation is 2. The van der Waals surface area contributed by atoms with Gasteiger partial charge in [0.25, 0.3) is 0 Å². The van der Waals surface area contributed by atoms with Crippen LogP contribution in [0.2, 0.25) is 0 Å². The molecule has 7 heteroatoms. The average molecular weight is 414 g/mol. The number of nitrogens with one attached hydrogen (secondary N) is 2. The molecule has 30 heavy (non-hydrogen) atoms. The second kappa shape index (κ2) is 11.5. The van der Waals surface area contributed by atoms with Crippen LogP contribution in [0.15, 0.2) is 35.6 Å². The molecule has 0 bridgehead atoms. The highest BCUT2D eigenvalue weighted by molar-refractivity contribution is 5.79. The smallest absolute Gasteiger partial charge is 0.191 e. The van der Waals surface area contributed by atoms with E-state index in [0.29, 0.717) is 6.54 Å². The quantitative estimate of drug-likeness (QED) is 0.353. The van der Waals surface area contributed by atoms with Gasteiger partial charge in [0.05, 0.1) is 13.2 Å². The zero-order chi connectivity index (χ0) is 21.2. The van der Waals surface area contributed by atoms with Crippen molar-refractivity contribution in [2.24, 2.45) is 4.99 Å². The lowest BCUT2D eigenvalue weighted by molar-refractivity contribution is 0.198. The third-order valence-electron chi connectivity index (χ3n) is 5.58. The second-order valence-corrected chi connectivity index (χ2v) is 7.70. The number of methoxy groups -OCH3 is 1. The van der Waals surface area contributed by atoms with Gasteiger partial charge in [0.1, 0.15) is 5.82 Å². The Hall–Kier alpha value is -2.70. The van der Waals surface area contributed by atoms with Crippen molar-refractivity contribution < 1.29 is 9.47 Å². The minimum Gasteiger partial charge on any atom is -0.493 e. The van der Waals surface area contributed by atoms with Crippen molar-refractivity contribution >= 4 is 5.96 Å². The number of nitrogens with zero attached hydrogens (tertiary/aromatic N) is 3. The van der Waals surface area contributed by atoms with E-state index in [1.54, 1.807) is 14.2 Å². The van der Waals surface area contributed by atoms with Crippen LogP contribution in [0.3, 0.4) is 0 Å². The topological polar surface area (TPSA) is 72.7 Å². The molecule has 1 saturated carbocycles. The lowest BCUT2D eigenvalue weighted by Gasteiger charge is -2.20. The summed E-state index contributed by atoms with van der Waals surface area (Å²) < 4.78 is 14.1. The molecule has 2 aromatic rings. The van der Waals surface area contributed by atoms with Crippen LogP contribution in [0.1, 0.15) is 49.9 Å². The van der Waals surface area contributed by atoms with Crippen LogP contribution in [0.5, 0.6) is 11.5 Å². The van der Waals surface area contributed by atoms with Crippen molar-refractivity contribution in [1.29, 1.82) is 0 Å². The van der Waals surface area contributed by atoms with E-state index < -0.39 is 0 Å². The predicted molar refractivity (Wildman–Crippen MR) is 120 cm³/mol. The standard InChI is InChI=1S/C23H35N5O2/c1-18-25-14-16-28(18)15-7-6-13-26-23(24-2)27-17-19-9-8-12-21(29-3)22(19)30-20-10-4-5-11-20/h8-9,12,14,16,20H,4-7,10-11,13,15,17H2,1-3H3,(H2,24,26,27). The maximum absolute atomic E-state index is 6.32. The molecule has 164 valence electrons. The minimum absolute atomic E-state index is 0.289. The monoisotopic (exact) mass is 413 g/mol. The van der Waals surface area contributed by atoms with Gasteiger partial charge in [0.2, 0.25) is 0 Å². The van der Waals surface area contributed by atoms with E-state index in [0.717, 1.165) is 67.6 Å². The Morgan fingerprint density at radius 3 is 2.77 bits per heavy atom. The Morgan fingerprint density at radius 1 is 1.23 bits per heavy atom. The first-order chi connectivity index (χ1) is 14.7. The van der Waals surface area contributed by atoms with Gasteiger partial charge < -0.3 is 24.7 Å². The number of benzene rings is 1. The Balaban J connectivity index is 1.47. The number of hydrogen-bond donors (Lipinski definition) is 2. The van der Waals surface area contributed by atoms with Gasteiger partial charge in [0.15, 0.2) is 17.5 Å². The molecule has 1 aliphatic carbocycles. The molecule has 0 atom stereocenters. The molecule has 3 rings (SSSR count). The van der Waals surface area contributed by atoms with Gasteiger partial charge >= 0.3 is 0 Å². The molecule has 1 aromatic heterocycles. The van der Waals surface area contributed by atoms with Gasteiger partial charge in [-0.15, -0.1) is 0 Å². The maximum atomic E-state index is 6.32. The zero-order valence-electron chi connectivity index (χ0n) is 18.5. The van der Waals surface area contributed by atoms with E-state index in [9.17, 15) is 0 Å². The molecular formula is C23H35N5O2. The van der Waals surface area contributed by atoms with Crippen LogP contribution < -0.4 is 20.1 Å². The van der Waals surface area contributed by atoms with Crippen molar-refractivity contribution in [2.75, 3.05) is 20.7 Å². The van der Waals surface area contributed by atoms with Crippen molar-refractivity contribution in [1.82, 2.24) is 20.2 Å². The Bertz CT molecular complexity index is 812. The fourth-order valence-corrected chi connectivity index (χ4v) is 3.82. The highest BCUT2D eigenvalue weighted by atomic mass is 16.5. The number of para-hydroxylation sites is 1. The first kappa shape index (κ1) is 22.0. The van der Waals surface area contributed by atoms with Crippen LogP contribution in [0, 0.1) is 6.92 Å². The molecule has 0 radical (unpaired) electrons. The summed E-state index contributed by atoms with van der Waals surface area (Å²) >= 11 is 0. The normalized spacial score (nSPS) is 14.7. The van der Waals surface area contributed by atoms with Crippen LogP contribution in [0.4, 0.5) is 0 Å². The van der Waals surface area contributed by atoms with E-state index in [2.05, 4.69) is 31.2 Å². The fourth-order valence-electron chi connectivity index (χ4n) is 3.82. The molecule has 0 aliphatic heterocycles. The minimum atomic E-state index is 0.289. The number of unbranched alkanes of at least 4 members (excludes halogenated alkanes) is 1. The Labute approximate surface area is 179 Å². The van der Waals surface area contributed by atoms with Gasteiger partial charge in [0, 0.05) is 44.6 Å². The predicted octanol–water partition coefficient (Wildman–Crippen LogP) is 3.67. The highest BCUT2D eigenvalue weighted by Gasteiger charge is 2.20. The molecule has 0 spiro atoms. The largest absolute Gasteiger partial charge is 0.493 e. The molecule has 7 nitrogen and oxygen atoms in total. The summed E-state index contributed by atoms with van der Waals surface area (Å²) in [5, 5.41) is 6.80. The molecule has 1 aliphatic rings. The summed E-state index contributed by atoms with van der Waals surface area (Å²) in [5.41, 5.74) is 1.08. The van der Waals surface area contributed by atoms with Crippen LogP contribution in [-0.4, -0.2) is 42.3 Å². The number of aromatic nitrogens is 2. The SMILES string of the molecule is CN=C(NCCCCn1ccnc1C)NCc1cccc(OC)c1OC1CCCC1. The summed E-state index contributed by atoms with van der Waals surface area (Å²) in [5.74, 6) is 3.50. The van der Waals surface area contributed by atoms with Gasteiger partial charge in [-0.3, -0.25) is 4.99 Å². The van der Waals surface area contributed by atoms with Crippen molar-refractivity contribution in [3.8, 4) is 11.5 Å². The average Bonchev–Trinajstić information content (AvgIpc) is 3.42. The Kier molecular flexibility index (Phi) is 8.41. The number of guanidine groups is 1. The molecule has 0 saturated heterocycles. The lowest BCUT2D eigenvalue weighted by atomic mass is 10.1. The third kappa shape index (κ3) is 6.15. The van der Waals surface area contributed by atoms with Crippen LogP contribution in [0.25, 0.3) is 0 Å². The summed E-state index contributed by atoms with van der Waals surface area (Å²) in [7, 11) is 3.49. The van der Waals surface area contributed by atoms with E-state index in [-0.39, 0.29) is 6.10 Å². The fraction of sp³-hybridized carbons (Fsp3) is 0.565. The third-order valence-corrected chi connectivity index (χ3v) is 5.58. The summed E-state index contributed by atoms with van der Waals surface area (Å²) in [6, 6.07) is 6.05. The van der Waals surface area contributed by atoms with Crippen molar-refractivity contribution in [3.63, 3.8) is 0 Å². The number of hydrogen-bond acceptors (Lipinski definition) is 4. The van der Waals surface area contributed by atoms with Gasteiger partial charge in [-0.05, 0) is 51.5 Å². The van der Waals surface area contributed by atoms with Crippen LogP contribution in [-0.2, 0) is 13.1 Å². The van der Waals surface area contributed by atoms with E-state index in [4.69, 9.17) is 9.47 Å². The number of ether oxygens (including phenoxy) is 2. The number of aliphatic imine (C=N–C) groups is 1. The van der Waals surface area contributed by atoms with Crippen molar-refractivity contribution in [2.45, 2.75) is 64.6 Å². The van der Waals surface area contributed by atoms with Gasteiger partial charge in [-0.25, -0.2) is 4.98 Å².